The predicted molar refractivity (Wildman–Crippen MR) is 116 cm³/mol. The minimum Gasteiger partial charge on any atom is -0.274 e. The molecule has 0 unspecified atom stereocenters. The number of carbonyl (C=O) groups is 2. The van der Waals surface area contributed by atoms with E-state index in [1.807, 2.05) is 30.3 Å². The van der Waals surface area contributed by atoms with Crippen LogP contribution in [0.25, 0.3) is 0 Å². The van der Waals surface area contributed by atoms with Crippen molar-refractivity contribution < 1.29 is 9.59 Å². The number of allylic oxidation sites excluding steroid dienone is 2. The first-order valence-corrected chi connectivity index (χ1v) is 12.7. The highest BCUT2D eigenvalue weighted by Crippen LogP contribution is 2.75. The first kappa shape index (κ1) is 17.2. The van der Waals surface area contributed by atoms with Gasteiger partial charge in [0.25, 0.3) is 0 Å². The average molecular weight is 426 g/mol. The molecule has 2 amide bonds. The maximum atomic E-state index is 13.7. The van der Waals surface area contributed by atoms with Crippen LogP contribution in [0.4, 0.5) is 5.69 Å². The molecule has 162 valence electrons. The zero-order valence-electron chi connectivity index (χ0n) is 17.9. The molecule has 1 aromatic rings. The van der Waals surface area contributed by atoms with Gasteiger partial charge in [-0.25, -0.2) is 0 Å². The third kappa shape index (κ3) is 1.67. The van der Waals surface area contributed by atoms with E-state index < -0.39 is 0 Å². The Balaban J connectivity index is 1.13. The summed E-state index contributed by atoms with van der Waals surface area (Å²) in [5.41, 5.74) is 0.734. The number of azo groups is 1. The first-order valence-electron chi connectivity index (χ1n) is 12.7. The molecule has 1 saturated heterocycles. The van der Waals surface area contributed by atoms with Crippen molar-refractivity contribution in [2.45, 2.75) is 31.3 Å². The van der Waals surface area contributed by atoms with Gasteiger partial charge in [-0.2, -0.15) is 10.2 Å². The van der Waals surface area contributed by atoms with Crippen molar-refractivity contribution >= 4 is 17.5 Å². The summed E-state index contributed by atoms with van der Waals surface area (Å²) < 4.78 is 0. The van der Waals surface area contributed by atoms with Gasteiger partial charge in [0, 0.05) is 0 Å². The van der Waals surface area contributed by atoms with E-state index in [-0.39, 0.29) is 35.5 Å². The molecule has 7 aliphatic carbocycles. The molecule has 6 fully saturated rings. The second-order valence-corrected chi connectivity index (χ2v) is 11.9. The van der Waals surface area contributed by atoms with Gasteiger partial charge in [0.2, 0.25) is 11.8 Å². The molecule has 14 atom stereocenters. The van der Waals surface area contributed by atoms with Crippen LogP contribution in [-0.2, 0) is 9.59 Å². The number of rotatable bonds is 1. The largest absolute Gasteiger partial charge is 0.274 e. The van der Waals surface area contributed by atoms with Crippen molar-refractivity contribution in [2.24, 2.45) is 81.2 Å². The number of para-hydroxylation sites is 1. The Morgan fingerprint density at radius 2 is 1.22 bits per heavy atom. The quantitative estimate of drug-likeness (QED) is 0.505. The van der Waals surface area contributed by atoms with Gasteiger partial charge in [-0.15, -0.1) is 0 Å². The number of hydrogen-bond acceptors (Lipinski definition) is 4. The summed E-state index contributed by atoms with van der Waals surface area (Å²) >= 11 is 0. The van der Waals surface area contributed by atoms with Crippen LogP contribution in [0.15, 0.2) is 52.7 Å². The zero-order valence-corrected chi connectivity index (χ0v) is 17.9. The van der Waals surface area contributed by atoms with Crippen molar-refractivity contribution in [1.29, 1.82) is 0 Å². The molecule has 3 heterocycles. The summed E-state index contributed by atoms with van der Waals surface area (Å²) in [5, 5.41) is 9.87. The maximum Gasteiger partial charge on any atom is 0.238 e. The summed E-state index contributed by atoms with van der Waals surface area (Å²) in [4.78, 5) is 28.8. The number of anilines is 1. The summed E-state index contributed by atoms with van der Waals surface area (Å²) in [6.45, 7) is 0. The van der Waals surface area contributed by atoms with Crippen LogP contribution in [0.3, 0.4) is 0 Å². The van der Waals surface area contributed by atoms with Crippen LogP contribution in [0.1, 0.15) is 19.3 Å². The van der Waals surface area contributed by atoms with Gasteiger partial charge < -0.3 is 0 Å². The fourth-order valence-corrected chi connectivity index (χ4v) is 10.8. The summed E-state index contributed by atoms with van der Waals surface area (Å²) in [5.74, 6) is 5.59. The molecule has 10 aliphatic rings. The van der Waals surface area contributed by atoms with Crippen LogP contribution >= 0.6 is 0 Å². The Morgan fingerprint density at radius 1 is 0.688 bits per heavy atom. The number of fused-ring (bicyclic) bond motifs is 2. The highest BCUT2D eigenvalue weighted by atomic mass is 16.2. The Bertz CT molecular complexity index is 1060. The number of amides is 2. The molecule has 5 heteroatoms. The molecular weight excluding hydrogens is 398 g/mol. The van der Waals surface area contributed by atoms with Crippen LogP contribution in [-0.4, -0.2) is 23.9 Å². The Hall–Kier alpha value is -2.30. The Morgan fingerprint density at radius 3 is 1.75 bits per heavy atom. The molecule has 11 rings (SSSR count). The molecule has 1 aromatic carbocycles. The lowest BCUT2D eigenvalue weighted by atomic mass is 9.34. The monoisotopic (exact) mass is 425 g/mol. The average Bonchev–Trinajstić information content (AvgIpc) is 3.51. The van der Waals surface area contributed by atoms with Crippen molar-refractivity contribution in [1.82, 2.24) is 0 Å². The topological polar surface area (TPSA) is 62.1 Å². The lowest BCUT2D eigenvalue weighted by Crippen LogP contribution is -2.73. The number of hydrogen-bond donors (Lipinski definition) is 0. The van der Waals surface area contributed by atoms with Gasteiger partial charge in [-0.3, -0.25) is 14.5 Å². The highest BCUT2D eigenvalue weighted by molar-refractivity contribution is 6.22. The van der Waals surface area contributed by atoms with Crippen LogP contribution in [0, 0.1) is 71.0 Å². The number of nitrogens with zero attached hydrogens (tertiary/aromatic N) is 3. The summed E-state index contributed by atoms with van der Waals surface area (Å²) in [6, 6.07) is 10.3. The maximum absolute atomic E-state index is 13.7. The lowest BCUT2D eigenvalue weighted by molar-refractivity contribution is -0.210. The second-order valence-electron chi connectivity index (χ2n) is 11.9. The van der Waals surface area contributed by atoms with Gasteiger partial charge in [0.05, 0.1) is 29.6 Å². The van der Waals surface area contributed by atoms with E-state index in [9.17, 15) is 9.59 Å². The zero-order chi connectivity index (χ0) is 20.9. The van der Waals surface area contributed by atoms with Gasteiger partial charge >= 0.3 is 0 Å². The van der Waals surface area contributed by atoms with Crippen molar-refractivity contribution in [3.63, 3.8) is 0 Å². The standard InChI is InChI=1S/C27H27N3O2/c31-26-20-14-8-9-15(21(20)27(32)30(26)13-4-2-1-3-5-13)19-18(14)22-23(19)25-17-12-7-6-11(10-12)16(17)24(22)28-29-25/h1-5,8-9,11-12,14-25H,6-7,10H2/t11-,12+,14-,15+,16+,17-,18+,19-,20-,21+,22-,23+,24+,25-. The van der Waals surface area contributed by atoms with Gasteiger partial charge in [-0.05, 0) is 90.6 Å². The molecule has 5 saturated carbocycles. The lowest BCUT2D eigenvalue weighted by Gasteiger charge is -2.71. The van der Waals surface area contributed by atoms with Crippen molar-refractivity contribution in [2.75, 3.05) is 4.90 Å². The summed E-state index contributed by atoms with van der Waals surface area (Å²) in [7, 11) is 0. The number of carbonyl (C=O) groups excluding carboxylic acids is 2. The predicted octanol–water partition coefficient (Wildman–Crippen LogP) is 3.97. The summed E-state index contributed by atoms with van der Waals surface area (Å²) in [6.07, 6.45) is 8.83. The van der Waals surface area contributed by atoms with E-state index in [4.69, 9.17) is 10.2 Å². The third-order valence-corrected chi connectivity index (χ3v) is 11.4. The molecule has 0 spiro atoms. The van der Waals surface area contributed by atoms with Gasteiger partial charge in [0.1, 0.15) is 0 Å². The third-order valence-electron chi connectivity index (χ3n) is 11.4. The Labute approximate surface area is 187 Å². The highest BCUT2D eigenvalue weighted by Gasteiger charge is 2.76. The first-order chi connectivity index (χ1) is 15.7. The number of imide groups is 1. The molecule has 3 aliphatic heterocycles. The molecule has 32 heavy (non-hydrogen) atoms. The van der Waals surface area contributed by atoms with E-state index in [1.165, 1.54) is 24.2 Å². The van der Waals surface area contributed by atoms with Crippen LogP contribution < -0.4 is 4.90 Å². The molecule has 6 bridgehead atoms. The second kappa shape index (κ2) is 5.43. The minimum absolute atomic E-state index is 0.0350. The van der Waals surface area contributed by atoms with Crippen LogP contribution in [0.5, 0.6) is 0 Å². The smallest absolute Gasteiger partial charge is 0.238 e. The molecule has 0 N–H and O–H groups in total. The van der Waals surface area contributed by atoms with E-state index >= 15 is 0 Å². The van der Waals surface area contributed by atoms with Crippen molar-refractivity contribution in [3.8, 4) is 0 Å². The van der Waals surface area contributed by atoms with E-state index in [0.29, 0.717) is 35.8 Å². The molecule has 0 aromatic heterocycles. The SMILES string of the molecule is O=C1[C@@H]2[C@@H]3C=C[C@H]([C@@H]2C(=O)N1c1ccccc1)[C@@H]1[C@H]3[C@H]2[C@H]3N=N[C@@H]([C@@H]12)[C@@H]1[C@H]2CC[C@H](C2)[C@H]31. The molecule has 5 nitrogen and oxygen atoms in total. The Kier molecular flexibility index (Phi) is 2.92. The van der Waals surface area contributed by atoms with Crippen molar-refractivity contribution in [3.05, 3.63) is 42.5 Å². The fourth-order valence-electron chi connectivity index (χ4n) is 10.8. The van der Waals surface area contributed by atoms with E-state index in [1.54, 1.807) is 0 Å². The number of benzene rings is 1. The normalized spacial score (nSPS) is 56.8. The van der Waals surface area contributed by atoms with E-state index in [2.05, 4.69) is 12.2 Å². The molecule has 0 radical (unpaired) electrons. The fraction of sp³-hybridized carbons (Fsp3) is 0.630. The van der Waals surface area contributed by atoms with E-state index in [0.717, 1.165) is 29.4 Å². The van der Waals surface area contributed by atoms with Gasteiger partial charge in [-0.1, -0.05) is 30.4 Å². The van der Waals surface area contributed by atoms with Gasteiger partial charge in [0.15, 0.2) is 0 Å². The van der Waals surface area contributed by atoms with Crippen LogP contribution in [0.2, 0.25) is 0 Å². The minimum atomic E-state index is -0.173. The molecular formula is C27H27N3O2.